The van der Waals surface area contributed by atoms with Crippen LogP contribution in [-0.2, 0) is 0 Å². The first kappa shape index (κ1) is 8.90. The molecular formula is C10H5O3S-. The van der Waals surface area contributed by atoms with Crippen molar-refractivity contribution in [2.24, 2.45) is 0 Å². The Morgan fingerprint density at radius 2 is 2.00 bits per heavy atom. The first-order valence-electron chi connectivity index (χ1n) is 3.93. The predicted octanol–water partition coefficient (Wildman–Crippen LogP) is 0.625. The summed E-state index contributed by atoms with van der Waals surface area (Å²) in [7, 11) is 0. The van der Waals surface area contributed by atoms with Crippen LogP contribution in [0.25, 0.3) is 10.8 Å². The second-order valence-corrected chi connectivity index (χ2v) is 3.79. The molecule has 0 amide bonds. The molecule has 0 unspecified atom stereocenters. The van der Waals surface area contributed by atoms with Crippen LogP contribution in [0, 0.1) is 0 Å². The van der Waals surface area contributed by atoms with Gasteiger partial charge in [0.15, 0.2) is 0 Å². The van der Waals surface area contributed by atoms with E-state index in [-0.39, 0.29) is 9.62 Å². The van der Waals surface area contributed by atoms with Gasteiger partial charge in [0.2, 0.25) is 4.74 Å². The molecule has 0 saturated carbocycles. The van der Waals surface area contributed by atoms with E-state index in [0.29, 0.717) is 22.1 Å². The number of fused-ring (bicyclic) bond motifs is 1. The van der Waals surface area contributed by atoms with Crippen LogP contribution in [0.3, 0.4) is 0 Å². The minimum Gasteiger partial charge on any atom is -0.544 e. The van der Waals surface area contributed by atoms with Crippen LogP contribution in [0.4, 0.5) is 0 Å². The molecule has 14 heavy (non-hydrogen) atoms. The molecule has 0 atom stereocenters. The second kappa shape index (κ2) is 3.23. The van der Waals surface area contributed by atoms with E-state index in [4.69, 9.17) is 0 Å². The van der Waals surface area contributed by atoms with E-state index in [9.17, 15) is 14.7 Å². The summed E-state index contributed by atoms with van der Waals surface area (Å²) < 4.78 is -0.248. The van der Waals surface area contributed by atoms with Gasteiger partial charge in [-0.2, -0.15) is 0 Å². The molecule has 0 fully saturated rings. The Kier molecular flexibility index (Phi) is 2.05. The third kappa shape index (κ3) is 1.40. The fourth-order valence-electron chi connectivity index (χ4n) is 1.23. The Morgan fingerprint density at radius 3 is 2.71 bits per heavy atom. The summed E-state index contributed by atoms with van der Waals surface area (Å²) in [6, 6.07) is 8.33. The van der Waals surface area contributed by atoms with Gasteiger partial charge in [-0.3, -0.25) is 4.79 Å². The van der Waals surface area contributed by atoms with Crippen LogP contribution in [0.5, 0.6) is 0 Å². The molecule has 0 N–H and O–H groups in total. The maximum atomic E-state index is 11.4. The molecule has 2 aromatic rings. The van der Waals surface area contributed by atoms with Crippen LogP contribution >= 0.6 is 11.3 Å². The number of aromatic carboxylic acids is 1. The highest BCUT2D eigenvalue weighted by Crippen LogP contribution is 2.13. The third-order valence-corrected chi connectivity index (χ3v) is 2.78. The van der Waals surface area contributed by atoms with Crippen LogP contribution in [0.2, 0.25) is 0 Å². The van der Waals surface area contributed by atoms with Gasteiger partial charge >= 0.3 is 0 Å². The summed E-state index contributed by atoms with van der Waals surface area (Å²) in [4.78, 5) is 22.0. The molecule has 1 heterocycles. The highest BCUT2D eigenvalue weighted by Gasteiger charge is 2.01. The van der Waals surface area contributed by atoms with Gasteiger partial charge in [0.05, 0.1) is 10.8 Å². The Bertz CT molecular complexity index is 557. The Labute approximate surface area is 83.2 Å². The van der Waals surface area contributed by atoms with Gasteiger partial charge in [-0.25, -0.2) is 0 Å². The lowest BCUT2D eigenvalue weighted by Crippen LogP contribution is -2.22. The second-order valence-electron chi connectivity index (χ2n) is 2.77. The molecule has 4 heteroatoms. The van der Waals surface area contributed by atoms with Crippen LogP contribution in [-0.4, -0.2) is 5.97 Å². The minimum atomic E-state index is -1.31. The first-order valence-corrected chi connectivity index (χ1v) is 4.74. The van der Waals surface area contributed by atoms with Crippen LogP contribution in [0.15, 0.2) is 35.1 Å². The van der Waals surface area contributed by atoms with Gasteiger partial charge in [0.1, 0.15) is 0 Å². The molecule has 0 aliphatic carbocycles. The van der Waals surface area contributed by atoms with E-state index >= 15 is 0 Å². The van der Waals surface area contributed by atoms with E-state index in [1.807, 2.05) is 0 Å². The van der Waals surface area contributed by atoms with E-state index in [1.165, 1.54) is 6.07 Å². The molecule has 0 aliphatic rings. The largest absolute Gasteiger partial charge is 0.544 e. The molecule has 2 rings (SSSR count). The predicted molar refractivity (Wildman–Crippen MR) is 52.4 cm³/mol. The average Bonchev–Trinajstić information content (AvgIpc) is 2.17. The molecule has 0 spiro atoms. The van der Waals surface area contributed by atoms with Crippen molar-refractivity contribution < 1.29 is 9.90 Å². The molecule has 0 saturated heterocycles. The van der Waals surface area contributed by atoms with Gasteiger partial charge in [0, 0.05) is 5.39 Å². The number of carbonyl (C=O) groups excluding carboxylic acids is 1. The molecule has 3 nitrogen and oxygen atoms in total. The molecule has 70 valence electrons. The summed E-state index contributed by atoms with van der Waals surface area (Å²) in [5.74, 6) is -1.31. The zero-order valence-corrected chi connectivity index (χ0v) is 7.84. The highest BCUT2D eigenvalue weighted by molar-refractivity contribution is 7.11. The Hall–Kier alpha value is -1.68. The zero-order valence-electron chi connectivity index (χ0n) is 7.02. The smallest absolute Gasteiger partial charge is 0.240 e. The standard InChI is InChI=1S/C10H6O3S/c11-9(12)8-5-6-3-1-2-4-7(6)10(13)14-8/h1-5H,(H,11,12)/p-1. The molecule has 1 aromatic heterocycles. The first-order chi connectivity index (χ1) is 6.68. The van der Waals surface area contributed by atoms with Crippen molar-refractivity contribution in [1.29, 1.82) is 0 Å². The number of carbonyl (C=O) groups is 1. The highest BCUT2D eigenvalue weighted by atomic mass is 32.1. The number of benzene rings is 1. The third-order valence-electron chi connectivity index (χ3n) is 1.87. The number of rotatable bonds is 1. The molecule has 0 bridgehead atoms. The van der Waals surface area contributed by atoms with Crippen molar-refractivity contribution in [3.8, 4) is 0 Å². The van der Waals surface area contributed by atoms with Crippen molar-refractivity contribution in [3.05, 3.63) is 44.7 Å². The lowest BCUT2D eigenvalue weighted by molar-refractivity contribution is -0.254. The Balaban J connectivity index is 2.86. The van der Waals surface area contributed by atoms with Gasteiger partial charge in [-0.1, -0.05) is 29.5 Å². The fourth-order valence-corrected chi connectivity index (χ4v) is 2.00. The maximum absolute atomic E-state index is 11.4. The number of carboxylic acid groups (broad SMARTS) is 1. The monoisotopic (exact) mass is 205 g/mol. The number of carboxylic acids is 1. The van der Waals surface area contributed by atoms with Crippen molar-refractivity contribution in [2.75, 3.05) is 0 Å². The van der Waals surface area contributed by atoms with Gasteiger partial charge in [-0.15, -0.1) is 0 Å². The van der Waals surface area contributed by atoms with Crippen molar-refractivity contribution in [2.45, 2.75) is 0 Å². The van der Waals surface area contributed by atoms with Gasteiger partial charge < -0.3 is 9.90 Å². The normalized spacial score (nSPS) is 10.3. The average molecular weight is 205 g/mol. The topological polar surface area (TPSA) is 57.2 Å². The number of hydrogen-bond acceptors (Lipinski definition) is 4. The van der Waals surface area contributed by atoms with Crippen LogP contribution in [0.1, 0.15) is 9.67 Å². The summed E-state index contributed by atoms with van der Waals surface area (Å²) in [6.45, 7) is 0. The molecule has 0 radical (unpaired) electrons. The minimum absolute atomic E-state index is 0.0336. The lowest BCUT2D eigenvalue weighted by atomic mass is 10.2. The van der Waals surface area contributed by atoms with E-state index in [1.54, 1.807) is 24.3 Å². The summed E-state index contributed by atoms with van der Waals surface area (Å²) in [6.07, 6.45) is 0. The van der Waals surface area contributed by atoms with E-state index in [0.717, 1.165) is 0 Å². The zero-order chi connectivity index (χ0) is 10.1. The summed E-state index contributed by atoms with van der Waals surface area (Å²) in [5.41, 5.74) is 0. The van der Waals surface area contributed by atoms with E-state index in [2.05, 4.69) is 0 Å². The molecule has 0 aliphatic heterocycles. The van der Waals surface area contributed by atoms with Crippen LogP contribution < -0.4 is 9.85 Å². The maximum Gasteiger partial charge on any atom is 0.240 e. The SMILES string of the molecule is O=C([O-])c1cc2ccccc2c(=O)s1. The van der Waals surface area contributed by atoms with Crippen molar-refractivity contribution >= 4 is 28.1 Å². The van der Waals surface area contributed by atoms with Gasteiger partial charge in [-0.05, 0) is 17.5 Å². The summed E-state index contributed by atoms with van der Waals surface area (Å²) in [5, 5.41) is 11.7. The van der Waals surface area contributed by atoms with Crippen molar-refractivity contribution in [1.82, 2.24) is 0 Å². The molecular weight excluding hydrogens is 200 g/mol. The van der Waals surface area contributed by atoms with Crippen molar-refractivity contribution in [3.63, 3.8) is 0 Å². The Morgan fingerprint density at radius 1 is 1.29 bits per heavy atom. The van der Waals surface area contributed by atoms with E-state index < -0.39 is 5.97 Å². The van der Waals surface area contributed by atoms with Gasteiger partial charge in [0.25, 0.3) is 0 Å². The lowest BCUT2D eigenvalue weighted by Gasteiger charge is -2.01. The quantitative estimate of drug-likeness (QED) is 0.686. The summed E-state index contributed by atoms with van der Waals surface area (Å²) >= 11 is 0.697. The molecule has 1 aromatic carbocycles. The number of hydrogen-bond donors (Lipinski definition) is 0. The fraction of sp³-hybridized carbons (Fsp3) is 0.